The molecular weight excluding hydrogens is 328 g/mol. The Morgan fingerprint density at radius 1 is 1.23 bits per heavy atom. The van der Waals surface area contributed by atoms with Gasteiger partial charge in [0.2, 0.25) is 5.88 Å². The summed E-state index contributed by atoms with van der Waals surface area (Å²) < 4.78 is 11.3. The summed E-state index contributed by atoms with van der Waals surface area (Å²) in [5, 5.41) is 19.2. The molecule has 0 saturated heterocycles. The molecule has 5 heteroatoms. The van der Waals surface area contributed by atoms with E-state index in [-0.39, 0.29) is 17.6 Å². The molecule has 1 aliphatic rings. The van der Waals surface area contributed by atoms with Crippen molar-refractivity contribution in [2.75, 3.05) is 6.61 Å². The fourth-order valence-corrected chi connectivity index (χ4v) is 2.96. The number of benzene rings is 2. The van der Waals surface area contributed by atoms with Crippen LogP contribution in [0, 0.1) is 17.2 Å². The molecule has 1 atom stereocenters. The molecular formula is C21H22N2O3. The van der Waals surface area contributed by atoms with Gasteiger partial charge >= 0.3 is 0 Å². The van der Waals surface area contributed by atoms with Crippen molar-refractivity contribution in [3.63, 3.8) is 0 Å². The zero-order chi connectivity index (χ0) is 18.7. The Kier molecular flexibility index (Phi) is 5.04. The van der Waals surface area contributed by atoms with Crippen LogP contribution in [-0.2, 0) is 0 Å². The van der Waals surface area contributed by atoms with Gasteiger partial charge in [0.25, 0.3) is 0 Å². The highest BCUT2D eigenvalue weighted by Gasteiger charge is 2.30. The third kappa shape index (κ3) is 3.60. The van der Waals surface area contributed by atoms with Crippen molar-refractivity contribution >= 4 is 0 Å². The van der Waals surface area contributed by atoms with E-state index in [4.69, 9.17) is 15.2 Å². The molecule has 1 aliphatic heterocycles. The number of hydrogen-bond donors (Lipinski definition) is 2. The summed E-state index contributed by atoms with van der Waals surface area (Å²) in [6.45, 7) is 4.99. The fourth-order valence-electron chi connectivity index (χ4n) is 2.96. The number of nitriles is 1. The Hall–Kier alpha value is -3.13. The largest absolute Gasteiger partial charge is 0.508 e. The maximum absolute atomic E-state index is 9.69. The van der Waals surface area contributed by atoms with E-state index in [0.717, 1.165) is 23.3 Å². The molecule has 0 amide bonds. The molecule has 0 aliphatic carbocycles. The number of ether oxygens (including phenoxy) is 2. The molecule has 0 radical (unpaired) electrons. The molecule has 3 rings (SSSR count). The van der Waals surface area contributed by atoms with Gasteiger partial charge in [0.05, 0.1) is 12.5 Å². The van der Waals surface area contributed by atoms with Gasteiger partial charge in [0.15, 0.2) is 0 Å². The van der Waals surface area contributed by atoms with E-state index in [2.05, 4.69) is 19.9 Å². The normalized spacial score (nSPS) is 16.0. The van der Waals surface area contributed by atoms with Crippen LogP contribution in [0.4, 0.5) is 0 Å². The number of nitrogens with zero attached hydrogens (tertiary/aromatic N) is 1. The highest BCUT2D eigenvalue weighted by Crippen LogP contribution is 2.43. The predicted molar refractivity (Wildman–Crippen MR) is 98.8 cm³/mol. The van der Waals surface area contributed by atoms with E-state index in [9.17, 15) is 10.4 Å². The molecule has 1 heterocycles. The number of rotatable bonds is 5. The fraction of sp³-hybridized carbons (Fsp3) is 0.286. The molecule has 0 fully saturated rings. The van der Waals surface area contributed by atoms with Crippen molar-refractivity contribution in [2.45, 2.75) is 26.2 Å². The Bertz CT molecular complexity index is 864. The molecule has 0 saturated carbocycles. The lowest BCUT2D eigenvalue weighted by molar-refractivity contribution is 0.289. The number of allylic oxidation sites excluding steroid dienone is 1. The van der Waals surface area contributed by atoms with E-state index in [1.807, 2.05) is 24.3 Å². The number of aromatic hydroxyl groups is 1. The average Bonchev–Trinajstić information content (AvgIpc) is 2.61. The summed E-state index contributed by atoms with van der Waals surface area (Å²) in [6.07, 6.45) is 0.996. The molecule has 134 valence electrons. The quantitative estimate of drug-likeness (QED) is 0.850. The van der Waals surface area contributed by atoms with Crippen LogP contribution in [0.3, 0.4) is 0 Å². The van der Waals surface area contributed by atoms with E-state index in [0.29, 0.717) is 23.8 Å². The lowest BCUT2D eigenvalue weighted by Crippen LogP contribution is -2.20. The SMILES string of the molecule is CC(C)CCOc1ccc([C@@H]2C(C#N)=C(N)Oc3cc(O)ccc32)cc1. The lowest BCUT2D eigenvalue weighted by atomic mass is 9.83. The number of fused-ring (bicyclic) bond motifs is 1. The van der Waals surface area contributed by atoms with Crippen molar-refractivity contribution in [3.05, 3.63) is 65.0 Å². The van der Waals surface area contributed by atoms with Crippen LogP contribution in [0.25, 0.3) is 0 Å². The van der Waals surface area contributed by atoms with Crippen molar-refractivity contribution in [1.29, 1.82) is 5.26 Å². The van der Waals surface area contributed by atoms with Crippen molar-refractivity contribution in [1.82, 2.24) is 0 Å². The van der Waals surface area contributed by atoms with Crippen molar-refractivity contribution < 1.29 is 14.6 Å². The van der Waals surface area contributed by atoms with E-state index in [1.165, 1.54) is 6.07 Å². The Morgan fingerprint density at radius 2 is 1.96 bits per heavy atom. The summed E-state index contributed by atoms with van der Waals surface area (Å²) in [5.74, 6) is 1.66. The lowest BCUT2D eigenvalue weighted by Gasteiger charge is -2.26. The molecule has 3 N–H and O–H groups in total. The molecule has 2 aromatic rings. The molecule has 0 spiro atoms. The number of phenols is 1. The molecule has 5 nitrogen and oxygen atoms in total. The smallest absolute Gasteiger partial charge is 0.205 e. The Morgan fingerprint density at radius 3 is 2.62 bits per heavy atom. The van der Waals surface area contributed by atoms with Crippen LogP contribution >= 0.6 is 0 Å². The molecule has 0 aromatic heterocycles. The number of phenolic OH excluding ortho intramolecular Hbond substituents is 1. The van der Waals surface area contributed by atoms with Crippen LogP contribution < -0.4 is 15.2 Å². The third-order valence-corrected chi connectivity index (χ3v) is 4.38. The van der Waals surface area contributed by atoms with Gasteiger partial charge in [-0.15, -0.1) is 0 Å². The summed E-state index contributed by atoms with van der Waals surface area (Å²) in [4.78, 5) is 0. The minimum absolute atomic E-state index is 0.0628. The van der Waals surface area contributed by atoms with Gasteiger partial charge in [0, 0.05) is 11.6 Å². The predicted octanol–water partition coefficient (Wildman–Crippen LogP) is 4.04. The molecule has 0 bridgehead atoms. The van der Waals surface area contributed by atoms with Gasteiger partial charge in [0.1, 0.15) is 28.9 Å². The van der Waals surface area contributed by atoms with E-state index >= 15 is 0 Å². The zero-order valence-corrected chi connectivity index (χ0v) is 14.9. The Balaban J connectivity index is 1.91. The van der Waals surface area contributed by atoms with Crippen molar-refractivity contribution in [3.8, 4) is 23.3 Å². The summed E-state index contributed by atoms with van der Waals surface area (Å²) >= 11 is 0. The standard InChI is InChI=1S/C21H22N2O3/c1-13(2)9-10-25-16-6-3-14(4-7-16)20-17-8-5-15(24)11-19(17)26-21(23)18(20)12-22/h3-8,11,13,20,24H,9-10,23H2,1-2H3/t20-/m0/s1. The van der Waals surface area contributed by atoms with Crippen molar-refractivity contribution in [2.24, 2.45) is 11.7 Å². The highest BCUT2D eigenvalue weighted by molar-refractivity contribution is 5.57. The summed E-state index contributed by atoms with van der Waals surface area (Å²) in [6, 6.07) is 14.7. The van der Waals surface area contributed by atoms with Gasteiger partial charge < -0.3 is 20.3 Å². The molecule has 26 heavy (non-hydrogen) atoms. The zero-order valence-electron chi connectivity index (χ0n) is 14.9. The first-order chi connectivity index (χ1) is 12.5. The second-order valence-electron chi connectivity index (χ2n) is 6.75. The van der Waals surface area contributed by atoms with Gasteiger partial charge in [-0.05, 0) is 36.1 Å². The Labute approximate surface area is 153 Å². The second-order valence-corrected chi connectivity index (χ2v) is 6.75. The highest BCUT2D eigenvalue weighted by atomic mass is 16.5. The molecule has 0 unspecified atom stereocenters. The first-order valence-corrected chi connectivity index (χ1v) is 8.63. The maximum atomic E-state index is 9.69. The van der Waals surface area contributed by atoms with Gasteiger partial charge in [-0.2, -0.15) is 5.26 Å². The molecule has 2 aromatic carbocycles. The third-order valence-electron chi connectivity index (χ3n) is 4.38. The maximum Gasteiger partial charge on any atom is 0.205 e. The van der Waals surface area contributed by atoms with Crippen LogP contribution in [0.1, 0.15) is 37.3 Å². The average molecular weight is 350 g/mol. The minimum atomic E-state index is -0.339. The first-order valence-electron chi connectivity index (χ1n) is 8.63. The minimum Gasteiger partial charge on any atom is -0.508 e. The van der Waals surface area contributed by atoms with Crippen LogP contribution in [0.15, 0.2) is 53.9 Å². The first kappa shape index (κ1) is 17.7. The van der Waals surface area contributed by atoms with Gasteiger partial charge in [-0.25, -0.2) is 0 Å². The van der Waals surface area contributed by atoms with Crippen LogP contribution in [0.2, 0.25) is 0 Å². The number of hydrogen-bond acceptors (Lipinski definition) is 5. The summed E-state index contributed by atoms with van der Waals surface area (Å²) in [5.41, 5.74) is 8.00. The monoisotopic (exact) mass is 350 g/mol. The summed E-state index contributed by atoms with van der Waals surface area (Å²) in [7, 11) is 0. The topological polar surface area (TPSA) is 88.5 Å². The van der Waals surface area contributed by atoms with Gasteiger partial charge in [-0.3, -0.25) is 0 Å². The van der Waals surface area contributed by atoms with Crippen LogP contribution in [-0.4, -0.2) is 11.7 Å². The van der Waals surface area contributed by atoms with E-state index < -0.39 is 0 Å². The van der Waals surface area contributed by atoms with Crippen LogP contribution in [0.5, 0.6) is 17.2 Å². The number of nitrogens with two attached hydrogens (primary N) is 1. The van der Waals surface area contributed by atoms with Gasteiger partial charge in [-0.1, -0.05) is 32.0 Å². The van der Waals surface area contributed by atoms with E-state index in [1.54, 1.807) is 12.1 Å². The second kappa shape index (κ2) is 7.40.